The summed E-state index contributed by atoms with van der Waals surface area (Å²) in [6.45, 7) is 1.40. The molecule has 0 spiro atoms. The lowest BCUT2D eigenvalue weighted by molar-refractivity contribution is -0.134. The molecule has 1 saturated heterocycles. The van der Waals surface area contributed by atoms with Crippen LogP contribution in [0.5, 0.6) is 0 Å². The molecule has 0 radical (unpaired) electrons. The van der Waals surface area contributed by atoms with E-state index in [4.69, 9.17) is 4.74 Å². The van der Waals surface area contributed by atoms with Crippen LogP contribution in [0, 0.1) is 0 Å². The number of benzene rings is 1. The second kappa shape index (κ2) is 6.92. The lowest BCUT2D eigenvalue weighted by Gasteiger charge is -2.19. The number of esters is 1. The highest BCUT2D eigenvalue weighted by atomic mass is 16.5. The third-order valence-electron chi connectivity index (χ3n) is 3.29. The third-order valence-corrected chi connectivity index (χ3v) is 3.29. The minimum atomic E-state index is -0.441. The number of amides is 1. The van der Waals surface area contributed by atoms with Gasteiger partial charge in [0.2, 0.25) is 0 Å². The van der Waals surface area contributed by atoms with Crippen molar-refractivity contribution in [3.8, 4) is 0 Å². The van der Waals surface area contributed by atoms with E-state index in [1.807, 2.05) is 6.07 Å². The minimum absolute atomic E-state index is 0.0915. The average Bonchev–Trinajstić information content (AvgIpc) is 2.74. The van der Waals surface area contributed by atoms with Crippen LogP contribution in [0.15, 0.2) is 30.3 Å². The average molecular weight is 261 g/mol. The number of nitrogens with zero attached hydrogens (tertiary/aromatic N) is 1. The Morgan fingerprint density at radius 3 is 2.26 bits per heavy atom. The van der Waals surface area contributed by atoms with E-state index >= 15 is 0 Å². The normalized spacial score (nSPS) is 15.7. The molecule has 2 rings (SSSR count). The van der Waals surface area contributed by atoms with Crippen LogP contribution < -0.4 is 0 Å². The maximum atomic E-state index is 11.9. The van der Waals surface area contributed by atoms with Crippen molar-refractivity contribution in [3.63, 3.8) is 0 Å². The van der Waals surface area contributed by atoms with Gasteiger partial charge in [0.25, 0.3) is 5.91 Å². The molecule has 0 saturated carbocycles. The van der Waals surface area contributed by atoms with Gasteiger partial charge >= 0.3 is 5.97 Å². The molecule has 1 aliphatic rings. The van der Waals surface area contributed by atoms with Crippen molar-refractivity contribution in [3.05, 3.63) is 35.9 Å². The predicted octanol–water partition coefficient (Wildman–Crippen LogP) is 2.25. The van der Waals surface area contributed by atoms with Gasteiger partial charge in [-0.1, -0.05) is 31.0 Å². The zero-order valence-electron chi connectivity index (χ0n) is 11.0. The molecule has 19 heavy (non-hydrogen) atoms. The van der Waals surface area contributed by atoms with Crippen LogP contribution in [-0.2, 0) is 9.53 Å². The fourth-order valence-corrected chi connectivity index (χ4v) is 2.20. The van der Waals surface area contributed by atoms with Crippen LogP contribution in [0.25, 0.3) is 0 Å². The quantitative estimate of drug-likeness (QED) is 0.784. The summed E-state index contributed by atoms with van der Waals surface area (Å²) in [6, 6.07) is 8.73. The molecule has 1 heterocycles. The zero-order valence-corrected chi connectivity index (χ0v) is 11.0. The van der Waals surface area contributed by atoms with Crippen molar-refractivity contribution < 1.29 is 14.3 Å². The first-order valence-electron chi connectivity index (χ1n) is 6.77. The molecule has 102 valence electrons. The molecule has 4 heteroatoms. The Morgan fingerprint density at radius 2 is 1.63 bits per heavy atom. The third kappa shape index (κ3) is 4.09. The molecule has 1 aromatic rings. The van der Waals surface area contributed by atoms with E-state index < -0.39 is 5.97 Å². The second-order valence-electron chi connectivity index (χ2n) is 4.74. The molecule has 0 N–H and O–H groups in total. The molecule has 0 unspecified atom stereocenters. The van der Waals surface area contributed by atoms with Gasteiger partial charge in [-0.05, 0) is 25.0 Å². The molecule has 0 aliphatic carbocycles. The largest absolute Gasteiger partial charge is 0.452 e. The predicted molar refractivity (Wildman–Crippen MR) is 71.8 cm³/mol. The molecule has 4 nitrogen and oxygen atoms in total. The van der Waals surface area contributed by atoms with Gasteiger partial charge in [-0.15, -0.1) is 0 Å². The highest BCUT2D eigenvalue weighted by molar-refractivity contribution is 5.91. The fourth-order valence-electron chi connectivity index (χ4n) is 2.20. The molecular weight excluding hydrogens is 242 g/mol. The Hall–Kier alpha value is -1.84. The number of ether oxygens (including phenoxy) is 1. The van der Waals surface area contributed by atoms with E-state index in [1.165, 1.54) is 12.8 Å². The number of carbonyl (C=O) groups excluding carboxylic acids is 2. The summed E-state index contributed by atoms with van der Waals surface area (Å²) in [7, 11) is 0. The van der Waals surface area contributed by atoms with Crippen molar-refractivity contribution in [1.29, 1.82) is 0 Å². The molecule has 0 atom stereocenters. The summed E-state index contributed by atoms with van der Waals surface area (Å²) < 4.78 is 5.05. The van der Waals surface area contributed by atoms with Gasteiger partial charge < -0.3 is 9.64 Å². The SMILES string of the molecule is O=C(OCC(=O)N1CCCCCC1)c1ccccc1. The van der Waals surface area contributed by atoms with Gasteiger partial charge in [-0.2, -0.15) is 0 Å². The highest BCUT2D eigenvalue weighted by Gasteiger charge is 2.17. The number of hydrogen-bond acceptors (Lipinski definition) is 3. The Morgan fingerprint density at radius 1 is 1.00 bits per heavy atom. The molecule has 0 bridgehead atoms. The van der Waals surface area contributed by atoms with E-state index in [-0.39, 0.29) is 12.5 Å². The van der Waals surface area contributed by atoms with Gasteiger partial charge in [0.15, 0.2) is 6.61 Å². The first kappa shape index (κ1) is 13.6. The summed E-state index contributed by atoms with van der Waals surface area (Å²) in [5.41, 5.74) is 0.478. The summed E-state index contributed by atoms with van der Waals surface area (Å²) in [4.78, 5) is 25.4. The summed E-state index contributed by atoms with van der Waals surface area (Å²) in [6.07, 6.45) is 4.43. The van der Waals surface area contributed by atoms with E-state index in [2.05, 4.69) is 0 Å². The van der Waals surface area contributed by atoms with E-state index in [0.717, 1.165) is 25.9 Å². The standard InChI is InChI=1S/C15H19NO3/c17-14(16-10-6-1-2-7-11-16)12-19-15(18)13-8-4-3-5-9-13/h3-5,8-9H,1-2,6-7,10-12H2. The van der Waals surface area contributed by atoms with Gasteiger partial charge in [0.05, 0.1) is 5.56 Å². The van der Waals surface area contributed by atoms with E-state index in [0.29, 0.717) is 5.56 Å². The van der Waals surface area contributed by atoms with Crippen LogP contribution in [0.2, 0.25) is 0 Å². The van der Waals surface area contributed by atoms with Gasteiger partial charge in [-0.3, -0.25) is 4.79 Å². The number of likely N-dealkylation sites (tertiary alicyclic amines) is 1. The van der Waals surface area contributed by atoms with Crippen molar-refractivity contribution in [1.82, 2.24) is 4.90 Å². The van der Waals surface area contributed by atoms with Crippen LogP contribution in [0.4, 0.5) is 0 Å². The monoisotopic (exact) mass is 261 g/mol. The van der Waals surface area contributed by atoms with E-state index in [9.17, 15) is 9.59 Å². The Labute approximate surface area is 113 Å². The van der Waals surface area contributed by atoms with Crippen LogP contribution >= 0.6 is 0 Å². The second-order valence-corrected chi connectivity index (χ2v) is 4.74. The molecular formula is C15H19NO3. The smallest absolute Gasteiger partial charge is 0.338 e. The van der Waals surface area contributed by atoms with Gasteiger partial charge in [-0.25, -0.2) is 4.79 Å². The number of hydrogen-bond donors (Lipinski definition) is 0. The first-order valence-corrected chi connectivity index (χ1v) is 6.77. The molecule has 1 fully saturated rings. The lowest BCUT2D eigenvalue weighted by Crippen LogP contribution is -2.35. The molecule has 1 amide bonds. The topological polar surface area (TPSA) is 46.6 Å². The maximum Gasteiger partial charge on any atom is 0.338 e. The van der Waals surface area contributed by atoms with Crippen LogP contribution in [0.3, 0.4) is 0 Å². The fraction of sp³-hybridized carbons (Fsp3) is 0.467. The Kier molecular flexibility index (Phi) is 4.95. The molecule has 0 aromatic heterocycles. The maximum absolute atomic E-state index is 11.9. The highest BCUT2D eigenvalue weighted by Crippen LogP contribution is 2.10. The van der Waals surface area contributed by atoms with Crippen molar-refractivity contribution >= 4 is 11.9 Å². The summed E-state index contributed by atoms with van der Waals surface area (Å²) >= 11 is 0. The molecule has 1 aromatic carbocycles. The minimum Gasteiger partial charge on any atom is -0.452 e. The first-order chi connectivity index (χ1) is 9.27. The lowest BCUT2D eigenvalue weighted by atomic mass is 10.2. The van der Waals surface area contributed by atoms with Gasteiger partial charge in [0.1, 0.15) is 0 Å². The van der Waals surface area contributed by atoms with Crippen molar-refractivity contribution in [2.45, 2.75) is 25.7 Å². The summed E-state index contributed by atoms with van der Waals surface area (Å²) in [5.74, 6) is -0.532. The van der Waals surface area contributed by atoms with Crippen LogP contribution in [0.1, 0.15) is 36.0 Å². The number of rotatable bonds is 3. The van der Waals surface area contributed by atoms with E-state index in [1.54, 1.807) is 29.2 Å². The number of carbonyl (C=O) groups is 2. The van der Waals surface area contributed by atoms with Crippen LogP contribution in [-0.4, -0.2) is 36.5 Å². The summed E-state index contributed by atoms with van der Waals surface area (Å²) in [5, 5.41) is 0. The Balaban J connectivity index is 1.81. The molecule has 1 aliphatic heterocycles. The van der Waals surface area contributed by atoms with Crippen molar-refractivity contribution in [2.24, 2.45) is 0 Å². The zero-order chi connectivity index (χ0) is 13.5. The van der Waals surface area contributed by atoms with Crippen molar-refractivity contribution in [2.75, 3.05) is 19.7 Å². The Bertz CT molecular complexity index is 422. The van der Waals surface area contributed by atoms with Gasteiger partial charge in [0, 0.05) is 13.1 Å².